The smallest absolute Gasteiger partial charge is 0.328 e. The van der Waals surface area contributed by atoms with E-state index in [9.17, 15) is 14.7 Å². The highest BCUT2D eigenvalue weighted by atomic mass is 16.3. The number of aromatic hydroxyl groups is 1. The largest absolute Gasteiger partial charge is 0.507 e. The minimum atomic E-state index is -0.456. The Labute approximate surface area is 103 Å². The molecule has 2 rings (SSSR count). The third-order valence-electron chi connectivity index (χ3n) is 2.80. The Kier molecular flexibility index (Phi) is 3.47. The van der Waals surface area contributed by atoms with Crippen LogP contribution in [0.15, 0.2) is 27.8 Å². The molecule has 6 heteroatoms. The number of fused-ring (bicyclic) bond motifs is 1. The summed E-state index contributed by atoms with van der Waals surface area (Å²) in [5.74, 6) is -0.115. The van der Waals surface area contributed by atoms with Gasteiger partial charge >= 0.3 is 5.69 Å². The molecule has 1 aromatic carbocycles. The van der Waals surface area contributed by atoms with Crippen LogP contribution in [0.25, 0.3) is 10.9 Å². The summed E-state index contributed by atoms with van der Waals surface area (Å²) in [7, 11) is 1.80. The van der Waals surface area contributed by atoms with Crippen LogP contribution in [0.2, 0.25) is 0 Å². The summed E-state index contributed by atoms with van der Waals surface area (Å²) >= 11 is 0. The minimum Gasteiger partial charge on any atom is -0.507 e. The van der Waals surface area contributed by atoms with E-state index in [0.717, 1.165) is 4.57 Å². The average molecular weight is 249 g/mol. The van der Waals surface area contributed by atoms with Gasteiger partial charge in [-0.3, -0.25) is 9.36 Å². The lowest BCUT2D eigenvalue weighted by Crippen LogP contribution is -2.35. The van der Waals surface area contributed by atoms with Gasteiger partial charge in [-0.2, -0.15) is 0 Å². The summed E-state index contributed by atoms with van der Waals surface area (Å²) in [6.45, 7) is 1.03. The van der Waals surface area contributed by atoms with E-state index in [0.29, 0.717) is 25.0 Å². The third-order valence-corrected chi connectivity index (χ3v) is 2.80. The molecule has 0 amide bonds. The van der Waals surface area contributed by atoms with Crippen LogP contribution in [0.1, 0.15) is 6.42 Å². The zero-order chi connectivity index (χ0) is 13.1. The van der Waals surface area contributed by atoms with E-state index in [1.165, 1.54) is 6.07 Å². The van der Waals surface area contributed by atoms with Gasteiger partial charge in [0.2, 0.25) is 0 Å². The molecule has 0 fully saturated rings. The molecule has 0 atom stereocenters. The van der Waals surface area contributed by atoms with Gasteiger partial charge < -0.3 is 15.4 Å². The summed E-state index contributed by atoms with van der Waals surface area (Å²) in [5.41, 5.74) is -0.549. The molecule has 6 nitrogen and oxygen atoms in total. The fourth-order valence-corrected chi connectivity index (χ4v) is 1.90. The summed E-state index contributed by atoms with van der Waals surface area (Å²) in [6.07, 6.45) is 0.665. The van der Waals surface area contributed by atoms with Gasteiger partial charge in [-0.25, -0.2) is 4.79 Å². The zero-order valence-electron chi connectivity index (χ0n) is 10.1. The second-order valence-corrected chi connectivity index (χ2v) is 4.04. The van der Waals surface area contributed by atoms with Crippen LogP contribution in [0, 0.1) is 0 Å². The maximum Gasteiger partial charge on any atom is 0.328 e. The van der Waals surface area contributed by atoms with Crippen molar-refractivity contribution in [3.8, 4) is 5.75 Å². The van der Waals surface area contributed by atoms with Gasteiger partial charge in [0.05, 0.1) is 5.52 Å². The molecule has 0 saturated heterocycles. The Morgan fingerprint density at radius 2 is 2.17 bits per heavy atom. The molecule has 0 aliphatic carbocycles. The van der Waals surface area contributed by atoms with E-state index < -0.39 is 11.2 Å². The van der Waals surface area contributed by atoms with Crippen LogP contribution in [-0.4, -0.2) is 28.3 Å². The van der Waals surface area contributed by atoms with Gasteiger partial charge in [0.25, 0.3) is 5.56 Å². The number of rotatable bonds is 4. The highest BCUT2D eigenvalue weighted by Crippen LogP contribution is 2.17. The van der Waals surface area contributed by atoms with Crippen molar-refractivity contribution in [2.24, 2.45) is 0 Å². The van der Waals surface area contributed by atoms with Crippen molar-refractivity contribution in [2.75, 3.05) is 13.6 Å². The summed E-state index contributed by atoms with van der Waals surface area (Å²) in [5, 5.41) is 12.8. The number of nitrogens with zero attached hydrogens (tertiary/aromatic N) is 1. The van der Waals surface area contributed by atoms with E-state index in [4.69, 9.17) is 0 Å². The number of H-pyrrole nitrogens is 1. The molecule has 0 spiro atoms. The van der Waals surface area contributed by atoms with Crippen LogP contribution in [0.4, 0.5) is 0 Å². The Balaban J connectivity index is 2.58. The van der Waals surface area contributed by atoms with Crippen LogP contribution < -0.4 is 16.6 Å². The molecule has 2 aromatic rings. The standard InChI is InChI=1S/C12H15N3O3/c1-13-6-3-7-15-11(17)10-8(14-12(15)18)4-2-5-9(10)16/h2,4-5,13,16H,3,6-7H2,1H3,(H,14,18). The van der Waals surface area contributed by atoms with E-state index in [1.807, 2.05) is 0 Å². The van der Waals surface area contributed by atoms with Gasteiger partial charge in [-0.1, -0.05) is 6.07 Å². The number of phenolic OH excluding ortho intramolecular Hbond substituents is 1. The van der Waals surface area contributed by atoms with Gasteiger partial charge in [-0.15, -0.1) is 0 Å². The summed E-state index contributed by atoms with van der Waals surface area (Å²) in [4.78, 5) is 26.5. The van der Waals surface area contributed by atoms with E-state index in [1.54, 1.807) is 19.2 Å². The first-order valence-electron chi connectivity index (χ1n) is 5.74. The third kappa shape index (κ3) is 2.14. The quantitative estimate of drug-likeness (QED) is 0.666. The first-order valence-corrected chi connectivity index (χ1v) is 5.74. The second kappa shape index (κ2) is 5.05. The number of benzene rings is 1. The van der Waals surface area contributed by atoms with Gasteiger partial charge in [-0.05, 0) is 32.1 Å². The van der Waals surface area contributed by atoms with Gasteiger partial charge in [0, 0.05) is 6.54 Å². The number of hydrogen-bond acceptors (Lipinski definition) is 4. The average Bonchev–Trinajstić information content (AvgIpc) is 2.33. The molecular formula is C12H15N3O3. The monoisotopic (exact) mass is 249 g/mol. The molecular weight excluding hydrogens is 234 g/mol. The Morgan fingerprint density at radius 3 is 2.89 bits per heavy atom. The highest BCUT2D eigenvalue weighted by molar-refractivity contribution is 5.83. The van der Waals surface area contributed by atoms with Crippen molar-refractivity contribution < 1.29 is 5.11 Å². The fraction of sp³-hybridized carbons (Fsp3) is 0.333. The lowest BCUT2D eigenvalue weighted by Gasteiger charge is -2.06. The fourth-order valence-electron chi connectivity index (χ4n) is 1.90. The number of aromatic amines is 1. The molecule has 3 N–H and O–H groups in total. The lowest BCUT2D eigenvalue weighted by atomic mass is 10.2. The Hall–Kier alpha value is -2.08. The maximum absolute atomic E-state index is 12.1. The van der Waals surface area contributed by atoms with Crippen LogP contribution >= 0.6 is 0 Å². The molecule has 0 bridgehead atoms. The number of phenols is 1. The van der Waals surface area contributed by atoms with E-state index in [-0.39, 0.29) is 11.1 Å². The second-order valence-electron chi connectivity index (χ2n) is 4.04. The summed E-state index contributed by atoms with van der Waals surface area (Å²) < 4.78 is 1.11. The first kappa shape index (κ1) is 12.4. The molecule has 18 heavy (non-hydrogen) atoms. The first-order chi connectivity index (χ1) is 8.65. The molecule has 0 aliphatic rings. The Morgan fingerprint density at radius 1 is 1.39 bits per heavy atom. The van der Waals surface area contributed by atoms with Crippen molar-refractivity contribution in [3.05, 3.63) is 39.0 Å². The number of hydrogen-bond donors (Lipinski definition) is 3. The van der Waals surface area contributed by atoms with Gasteiger partial charge in [0.15, 0.2) is 0 Å². The van der Waals surface area contributed by atoms with Crippen molar-refractivity contribution in [2.45, 2.75) is 13.0 Å². The predicted octanol–water partition coefficient (Wildman–Crippen LogP) is 0.00490. The van der Waals surface area contributed by atoms with Crippen molar-refractivity contribution in [3.63, 3.8) is 0 Å². The zero-order valence-corrected chi connectivity index (χ0v) is 10.1. The summed E-state index contributed by atoms with van der Waals surface area (Å²) in [6, 6.07) is 4.61. The van der Waals surface area contributed by atoms with Gasteiger partial charge in [0.1, 0.15) is 11.1 Å². The molecule has 0 aliphatic heterocycles. The molecule has 0 unspecified atom stereocenters. The maximum atomic E-state index is 12.1. The number of nitrogens with one attached hydrogen (secondary N) is 2. The molecule has 0 radical (unpaired) electrons. The Bertz CT molecular complexity index is 672. The SMILES string of the molecule is CNCCCn1c(=O)[nH]c2cccc(O)c2c1=O. The number of aromatic nitrogens is 2. The van der Waals surface area contributed by atoms with Crippen LogP contribution in [0.5, 0.6) is 5.75 Å². The topological polar surface area (TPSA) is 87.1 Å². The molecule has 0 saturated carbocycles. The molecule has 1 heterocycles. The van der Waals surface area contributed by atoms with E-state index >= 15 is 0 Å². The van der Waals surface area contributed by atoms with Crippen LogP contribution in [0.3, 0.4) is 0 Å². The van der Waals surface area contributed by atoms with Crippen molar-refractivity contribution in [1.82, 2.24) is 14.9 Å². The highest BCUT2D eigenvalue weighted by Gasteiger charge is 2.10. The normalized spacial score (nSPS) is 10.9. The molecule has 1 aromatic heterocycles. The van der Waals surface area contributed by atoms with Crippen molar-refractivity contribution in [1.29, 1.82) is 0 Å². The predicted molar refractivity (Wildman–Crippen MR) is 69.0 cm³/mol. The lowest BCUT2D eigenvalue weighted by molar-refractivity contribution is 0.479. The van der Waals surface area contributed by atoms with Crippen molar-refractivity contribution >= 4 is 10.9 Å². The molecule has 96 valence electrons. The van der Waals surface area contributed by atoms with Crippen LogP contribution in [-0.2, 0) is 6.54 Å². The minimum absolute atomic E-state index is 0.115. The van der Waals surface area contributed by atoms with E-state index in [2.05, 4.69) is 10.3 Å².